The van der Waals surface area contributed by atoms with Crippen molar-refractivity contribution in [3.8, 4) is 11.3 Å². The number of aliphatic hydroxyl groups excluding tert-OH is 1. The van der Waals surface area contributed by atoms with Gasteiger partial charge in [-0.1, -0.05) is 6.07 Å². The minimum Gasteiger partial charge on any atom is -0.389 e. The fourth-order valence-electron chi connectivity index (χ4n) is 3.28. The van der Waals surface area contributed by atoms with Crippen molar-refractivity contribution in [1.82, 2.24) is 9.97 Å². The number of aryl methyl sites for hydroxylation is 1. The summed E-state index contributed by atoms with van der Waals surface area (Å²) >= 11 is 0. The van der Waals surface area contributed by atoms with Crippen LogP contribution in [0.3, 0.4) is 0 Å². The topological polar surface area (TPSA) is 92.3 Å². The number of amides is 1. The smallest absolute Gasteiger partial charge is 0.251 e. The maximum absolute atomic E-state index is 14.1. The lowest BCUT2D eigenvalue weighted by Gasteiger charge is -2.36. The molecular formula is C17H17FN4O2. The van der Waals surface area contributed by atoms with Gasteiger partial charge in [-0.2, -0.15) is 0 Å². The molecule has 4 rings (SSSR count). The van der Waals surface area contributed by atoms with E-state index in [1.54, 1.807) is 6.07 Å². The van der Waals surface area contributed by atoms with Crippen LogP contribution in [0.2, 0.25) is 0 Å². The highest BCUT2D eigenvalue weighted by Gasteiger charge is 2.29. The van der Waals surface area contributed by atoms with Gasteiger partial charge in [0.05, 0.1) is 17.4 Å². The molecule has 1 saturated heterocycles. The second-order valence-corrected chi connectivity index (χ2v) is 6.27. The Bertz CT molecular complexity index is 834. The Hall–Kier alpha value is -2.54. The van der Waals surface area contributed by atoms with Crippen LogP contribution in [0.1, 0.15) is 28.0 Å². The first kappa shape index (κ1) is 15.0. The zero-order valence-corrected chi connectivity index (χ0v) is 13.0. The van der Waals surface area contributed by atoms with Gasteiger partial charge in [-0.05, 0) is 31.4 Å². The Labute approximate surface area is 138 Å². The molecule has 1 aliphatic heterocycles. The molecule has 0 bridgehead atoms. The molecule has 24 heavy (non-hydrogen) atoms. The van der Waals surface area contributed by atoms with Crippen LogP contribution >= 0.6 is 0 Å². The van der Waals surface area contributed by atoms with E-state index in [4.69, 9.17) is 5.73 Å². The summed E-state index contributed by atoms with van der Waals surface area (Å²) in [5.41, 5.74) is 8.36. The number of rotatable bonds is 3. The lowest BCUT2D eigenvalue weighted by Crippen LogP contribution is -2.51. The summed E-state index contributed by atoms with van der Waals surface area (Å²) in [6.45, 7) is 1.01. The SMILES string of the molecule is NC(=O)c1ccc(-c2nc(N3CC(O)C3)nc3c2CCC3)cc1F. The average Bonchev–Trinajstić information content (AvgIpc) is 2.98. The molecule has 0 saturated carbocycles. The molecule has 6 nitrogen and oxygen atoms in total. The highest BCUT2D eigenvalue weighted by molar-refractivity contribution is 5.93. The molecule has 1 aromatic heterocycles. The minimum atomic E-state index is -0.790. The zero-order chi connectivity index (χ0) is 16.8. The number of fused-ring (bicyclic) bond motifs is 1. The number of aromatic nitrogens is 2. The molecule has 0 spiro atoms. The average molecular weight is 328 g/mol. The molecule has 124 valence electrons. The van der Waals surface area contributed by atoms with Gasteiger partial charge in [-0.15, -0.1) is 0 Å². The monoisotopic (exact) mass is 328 g/mol. The van der Waals surface area contributed by atoms with Gasteiger partial charge in [0, 0.05) is 29.9 Å². The summed E-state index contributed by atoms with van der Waals surface area (Å²) in [7, 11) is 0. The predicted molar refractivity (Wildman–Crippen MR) is 86.2 cm³/mol. The number of hydrogen-bond donors (Lipinski definition) is 2. The zero-order valence-electron chi connectivity index (χ0n) is 13.0. The van der Waals surface area contributed by atoms with E-state index in [2.05, 4.69) is 9.97 Å². The van der Waals surface area contributed by atoms with E-state index in [0.29, 0.717) is 30.3 Å². The summed E-state index contributed by atoms with van der Waals surface area (Å²) in [6.07, 6.45) is 2.37. The third-order valence-electron chi connectivity index (χ3n) is 4.57. The number of anilines is 1. The maximum Gasteiger partial charge on any atom is 0.251 e. The molecule has 2 aromatic rings. The molecule has 0 atom stereocenters. The van der Waals surface area contributed by atoms with Crippen molar-refractivity contribution >= 4 is 11.9 Å². The molecule has 1 aromatic carbocycles. The van der Waals surface area contributed by atoms with Crippen molar-refractivity contribution < 1.29 is 14.3 Å². The van der Waals surface area contributed by atoms with E-state index < -0.39 is 11.7 Å². The van der Waals surface area contributed by atoms with E-state index in [-0.39, 0.29) is 11.7 Å². The fraction of sp³-hybridized carbons (Fsp3) is 0.353. The Kier molecular flexibility index (Phi) is 3.45. The number of β-amino-alcohol motifs (C(OH)–C–C–N with tert-alkyl or cyclic N) is 1. The maximum atomic E-state index is 14.1. The molecule has 2 aliphatic rings. The largest absolute Gasteiger partial charge is 0.389 e. The summed E-state index contributed by atoms with van der Waals surface area (Å²) in [4.78, 5) is 22.3. The van der Waals surface area contributed by atoms with Crippen LogP contribution in [-0.2, 0) is 12.8 Å². The molecular weight excluding hydrogens is 311 g/mol. The van der Waals surface area contributed by atoms with Crippen LogP contribution in [0.15, 0.2) is 18.2 Å². The fourth-order valence-corrected chi connectivity index (χ4v) is 3.28. The quantitative estimate of drug-likeness (QED) is 0.879. The van der Waals surface area contributed by atoms with Crippen LogP contribution in [-0.4, -0.2) is 40.2 Å². The molecule has 1 fully saturated rings. The first-order valence-corrected chi connectivity index (χ1v) is 7.95. The first-order valence-electron chi connectivity index (χ1n) is 7.95. The highest BCUT2D eigenvalue weighted by Crippen LogP contribution is 2.33. The second-order valence-electron chi connectivity index (χ2n) is 6.27. The molecule has 7 heteroatoms. The third kappa shape index (κ3) is 2.41. The van der Waals surface area contributed by atoms with Crippen LogP contribution in [0, 0.1) is 5.82 Å². The minimum absolute atomic E-state index is 0.129. The number of nitrogens with two attached hydrogens (primary N) is 1. The van der Waals surface area contributed by atoms with Crippen LogP contribution in [0.5, 0.6) is 0 Å². The Morgan fingerprint density at radius 3 is 2.75 bits per heavy atom. The van der Waals surface area contributed by atoms with Crippen molar-refractivity contribution in [1.29, 1.82) is 0 Å². The molecule has 2 heterocycles. The lowest BCUT2D eigenvalue weighted by atomic mass is 10.0. The Morgan fingerprint density at radius 1 is 1.29 bits per heavy atom. The van der Waals surface area contributed by atoms with Crippen molar-refractivity contribution in [3.05, 3.63) is 40.8 Å². The number of halogens is 1. The van der Waals surface area contributed by atoms with Crippen LogP contribution < -0.4 is 10.6 Å². The molecule has 0 radical (unpaired) electrons. The first-order chi connectivity index (χ1) is 11.5. The lowest BCUT2D eigenvalue weighted by molar-refractivity contribution is 0.0996. The number of nitrogens with zero attached hydrogens (tertiary/aromatic N) is 3. The van der Waals surface area contributed by atoms with Gasteiger partial charge in [-0.25, -0.2) is 14.4 Å². The highest BCUT2D eigenvalue weighted by atomic mass is 19.1. The van der Waals surface area contributed by atoms with E-state index in [0.717, 1.165) is 30.5 Å². The van der Waals surface area contributed by atoms with Gasteiger partial charge in [-0.3, -0.25) is 4.79 Å². The van der Waals surface area contributed by atoms with E-state index in [1.165, 1.54) is 12.1 Å². The number of carbonyl (C=O) groups excluding carboxylic acids is 1. The number of carbonyl (C=O) groups is 1. The summed E-state index contributed by atoms with van der Waals surface area (Å²) in [6, 6.07) is 4.36. The molecule has 1 aliphatic carbocycles. The Balaban J connectivity index is 1.79. The van der Waals surface area contributed by atoms with E-state index in [1.807, 2.05) is 4.90 Å². The second kappa shape index (κ2) is 5.52. The van der Waals surface area contributed by atoms with Gasteiger partial charge in [0.15, 0.2) is 0 Å². The van der Waals surface area contributed by atoms with Crippen molar-refractivity contribution in [2.75, 3.05) is 18.0 Å². The van der Waals surface area contributed by atoms with Gasteiger partial charge in [0.25, 0.3) is 5.91 Å². The van der Waals surface area contributed by atoms with Crippen molar-refractivity contribution in [2.45, 2.75) is 25.4 Å². The van der Waals surface area contributed by atoms with Gasteiger partial charge < -0.3 is 15.7 Å². The number of primary amides is 1. The third-order valence-corrected chi connectivity index (χ3v) is 4.57. The Morgan fingerprint density at radius 2 is 2.08 bits per heavy atom. The van der Waals surface area contributed by atoms with Gasteiger partial charge >= 0.3 is 0 Å². The normalized spacial score (nSPS) is 16.8. The predicted octanol–water partition coefficient (Wildman–Crippen LogP) is 1.05. The van der Waals surface area contributed by atoms with Gasteiger partial charge in [0.2, 0.25) is 5.95 Å². The number of benzene rings is 1. The summed E-state index contributed by atoms with van der Waals surface area (Å²) in [5.74, 6) is -0.871. The standard InChI is InChI=1S/C17H17FN4O2/c18-13-6-9(4-5-11(13)16(19)24)15-12-2-1-3-14(12)20-17(21-15)22-7-10(23)8-22/h4-6,10,23H,1-3,7-8H2,(H2,19,24). The van der Waals surface area contributed by atoms with E-state index in [9.17, 15) is 14.3 Å². The van der Waals surface area contributed by atoms with Crippen molar-refractivity contribution in [3.63, 3.8) is 0 Å². The van der Waals surface area contributed by atoms with Crippen LogP contribution in [0.4, 0.5) is 10.3 Å². The van der Waals surface area contributed by atoms with Crippen molar-refractivity contribution in [2.24, 2.45) is 5.73 Å². The number of aliphatic hydroxyl groups is 1. The molecule has 3 N–H and O–H groups in total. The van der Waals surface area contributed by atoms with Gasteiger partial charge in [0.1, 0.15) is 5.82 Å². The molecule has 0 unspecified atom stereocenters. The summed E-state index contributed by atoms with van der Waals surface area (Å²) in [5, 5.41) is 9.49. The summed E-state index contributed by atoms with van der Waals surface area (Å²) < 4.78 is 14.1. The molecule has 1 amide bonds. The number of hydrogen-bond acceptors (Lipinski definition) is 5. The van der Waals surface area contributed by atoms with Crippen LogP contribution in [0.25, 0.3) is 11.3 Å². The van der Waals surface area contributed by atoms with E-state index >= 15 is 0 Å².